The maximum Gasteiger partial charge on any atom is 0.294 e. The summed E-state index contributed by atoms with van der Waals surface area (Å²) in [5.74, 6) is 2.99. The normalized spacial score (nSPS) is 15.0. The van der Waals surface area contributed by atoms with E-state index in [2.05, 4.69) is 21.9 Å². The van der Waals surface area contributed by atoms with Crippen LogP contribution in [0.25, 0.3) is 6.08 Å². The number of carbonyl (C=O) groups is 2. The van der Waals surface area contributed by atoms with Crippen LogP contribution in [0.2, 0.25) is 0 Å². The molecule has 0 aromatic heterocycles. The topological polar surface area (TPSA) is 55.8 Å². The number of hydrogen-bond donors (Lipinski definition) is 0. The minimum Gasteiger partial charge on any atom is -0.493 e. The Morgan fingerprint density at radius 2 is 2.00 bits per heavy atom. The Bertz CT molecular complexity index is 982. The second-order valence-corrected chi connectivity index (χ2v) is 7.63. The number of ether oxygens (including phenoxy) is 2. The largest absolute Gasteiger partial charge is 0.493 e. The molecule has 5 nitrogen and oxygen atoms in total. The number of halogens is 1. The fourth-order valence-electron chi connectivity index (χ4n) is 2.57. The van der Waals surface area contributed by atoms with Crippen LogP contribution in [0.4, 0.5) is 4.79 Å². The molecule has 1 aliphatic heterocycles. The van der Waals surface area contributed by atoms with Gasteiger partial charge in [-0.3, -0.25) is 14.5 Å². The molecule has 1 aliphatic rings. The van der Waals surface area contributed by atoms with Gasteiger partial charge in [-0.1, -0.05) is 36.3 Å². The first-order valence-corrected chi connectivity index (χ1v) is 9.87. The van der Waals surface area contributed by atoms with E-state index in [-0.39, 0.29) is 11.8 Å². The van der Waals surface area contributed by atoms with E-state index < -0.39 is 5.91 Å². The molecule has 0 bridgehead atoms. The fourth-order valence-corrected chi connectivity index (χ4v) is 3.98. The smallest absolute Gasteiger partial charge is 0.294 e. The lowest BCUT2D eigenvalue weighted by Gasteiger charge is -2.14. The Balaban J connectivity index is 1.84. The van der Waals surface area contributed by atoms with Crippen LogP contribution in [0.15, 0.2) is 51.8 Å². The van der Waals surface area contributed by atoms with Crippen molar-refractivity contribution in [3.63, 3.8) is 0 Å². The van der Waals surface area contributed by atoms with Crippen molar-refractivity contribution in [3.05, 3.63) is 63.0 Å². The number of terminal acetylenes is 1. The minimum atomic E-state index is -0.396. The van der Waals surface area contributed by atoms with Gasteiger partial charge in [0.15, 0.2) is 11.5 Å². The number of amides is 2. The molecule has 28 heavy (non-hydrogen) atoms. The number of nitrogens with zero attached hydrogens (tertiary/aromatic N) is 1. The quantitative estimate of drug-likeness (QED) is 0.464. The molecule has 0 N–H and O–H groups in total. The molecule has 2 amide bonds. The van der Waals surface area contributed by atoms with E-state index in [0.717, 1.165) is 22.2 Å². The molecule has 7 heteroatoms. The molecule has 0 radical (unpaired) electrons. The van der Waals surface area contributed by atoms with Gasteiger partial charge in [0, 0.05) is 0 Å². The Kier molecular flexibility index (Phi) is 6.45. The van der Waals surface area contributed by atoms with Crippen LogP contribution in [0.3, 0.4) is 0 Å². The number of carbonyl (C=O) groups excluding carboxylic acids is 2. The summed E-state index contributed by atoms with van der Waals surface area (Å²) in [6, 6.07) is 13.3. The maximum absolute atomic E-state index is 12.3. The summed E-state index contributed by atoms with van der Waals surface area (Å²) in [5, 5.41) is -0.372. The zero-order chi connectivity index (χ0) is 20.1. The van der Waals surface area contributed by atoms with Gasteiger partial charge in [0.1, 0.15) is 6.61 Å². The summed E-state index contributed by atoms with van der Waals surface area (Å²) < 4.78 is 12.0. The van der Waals surface area contributed by atoms with Crippen LogP contribution in [-0.2, 0) is 11.4 Å². The van der Waals surface area contributed by atoms with Gasteiger partial charge in [0.2, 0.25) is 0 Å². The average Bonchev–Trinajstić information content (AvgIpc) is 2.95. The van der Waals surface area contributed by atoms with Crippen molar-refractivity contribution in [2.24, 2.45) is 0 Å². The van der Waals surface area contributed by atoms with Crippen molar-refractivity contribution in [2.45, 2.75) is 6.61 Å². The first-order chi connectivity index (χ1) is 13.5. The average molecular weight is 458 g/mol. The third kappa shape index (κ3) is 4.41. The summed E-state index contributed by atoms with van der Waals surface area (Å²) in [6.07, 6.45) is 6.85. The highest BCUT2D eigenvalue weighted by Gasteiger charge is 2.34. The summed E-state index contributed by atoms with van der Waals surface area (Å²) in [5.41, 5.74) is 1.73. The molecule has 0 unspecified atom stereocenters. The lowest BCUT2D eigenvalue weighted by atomic mass is 10.1. The van der Waals surface area contributed by atoms with E-state index in [0.29, 0.717) is 33.0 Å². The molecule has 142 valence electrons. The lowest BCUT2D eigenvalue weighted by molar-refractivity contribution is -0.122. The van der Waals surface area contributed by atoms with Crippen LogP contribution < -0.4 is 9.47 Å². The van der Waals surface area contributed by atoms with Crippen LogP contribution in [0.5, 0.6) is 11.5 Å². The van der Waals surface area contributed by atoms with Crippen LogP contribution in [0, 0.1) is 12.3 Å². The predicted octanol–water partition coefficient (Wildman–Crippen LogP) is 4.71. The van der Waals surface area contributed by atoms with E-state index in [4.69, 9.17) is 15.9 Å². The monoisotopic (exact) mass is 457 g/mol. The second-order valence-electron chi connectivity index (χ2n) is 5.78. The van der Waals surface area contributed by atoms with E-state index in [1.807, 2.05) is 30.3 Å². The van der Waals surface area contributed by atoms with Gasteiger partial charge in [0.05, 0.1) is 23.0 Å². The van der Waals surface area contributed by atoms with Crippen molar-refractivity contribution in [3.8, 4) is 23.8 Å². The van der Waals surface area contributed by atoms with Crippen LogP contribution in [-0.4, -0.2) is 29.7 Å². The van der Waals surface area contributed by atoms with Gasteiger partial charge in [-0.25, -0.2) is 0 Å². The maximum atomic E-state index is 12.3. The van der Waals surface area contributed by atoms with Gasteiger partial charge >= 0.3 is 0 Å². The van der Waals surface area contributed by atoms with Crippen molar-refractivity contribution >= 4 is 44.9 Å². The summed E-state index contributed by atoms with van der Waals surface area (Å²) in [7, 11) is 1.54. The highest BCUT2D eigenvalue weighted by Crippen LogP contribution is 2.39. The molecule has 2 aromatic carbocycles. The molecule has 3 rings (SSSR count). The molecular weight excluding hydrogens is 442 g/mol. The molecule has 0 saturated carbocycles. The van der Waals surface area contributed by atoms with Crippen molar-refractivity contribution in [2.75, 3.05) is 13.7 Å². The number of methoxy groups -OCH3 is 1. The molecule has 0 spiro atoms. The molecule has 1 heterocycles. The van der Waals surface area contributed by atoms with E-state index >= 15 is 0 Å². The fraction of sp³-hybridized carbons (Fsp3) is 0.143. The highest BCUT2D eigenvalue weighted by atomic mass is 79.9. The molecule has 1 saturated heterocycles. The summed E-state index contributed by atoms with van der Waals surface area (Å²) >= 11 is 4.36. The number of thioether (sulfide) groups is 1. The van der Waals surface area contributed by atoms with Gasteiger partial charge in [-0.2, -0.15) is 0 Å². The molecule has 0 aliphatic carbocycles. The van der Waals surface area contributed by atoms with E-state index in [1.54, 1.807) is 25.3 Å². The van der Waals surface area contributed by atoms with Crippen LogP contribution >= 0.6 is 27.7 Å². The Hall–Kier alpha value is -2.69. The Labute approximate surface area is 175 Å². The minimum absolute atomic E-state index is 0.0404. The third-order valence-corrected chi connectivity index (χ3v) is 5.39. The number of hydrogen-bond acceptors (Lipinski definition) is 5. The summed E-state index contributed by atoms with van der Waals surface area (Å²) in [4.78, 5) is 25.6. The van der Waals surface area contributed by atoms with Crippen LogP contribution in [0.1, 0.15) is 11.1 Å². The van der Waals surface area contributed by atoms with Crippen molar-refractivity contribution in [1.82, 2.24) is 4.90 Å². The molecule has 2 aromatic rings. The molecular formula is C21H16BrNO4S. The van der Waals surface area contributed by atoms with Crippen molar-refractivity contribution < 1.29 is 19.1 Å². The number of rotatable bonds is 6. The van der Waals surface area contributed by atoms with Gasteiger partial charge < -0.3 is 9.47 Å². The van der Waals surface area contributed by atoms with Crippen molar-refractivity contribution in [1.29, 1.82) is 0 Å². The second kappa shape index (κ2) is 9.00. The Morgan fingerprint density at radius 1 is 1.25 bits per heavy atom. The zero-order valence-corrected chi connectivity index (χ0v) is 17.4. The molecule has 0 atom stereocenters. The predicted molar refractivity (Wildman–Crippen MR) is 113 cm³/mol. The third-order valence-electron chi connectivity index (χ3n) is 3.90. The highest BCUT2D eigenvalue weighted by molar-refractivity contribution is 9.10. The van der Waals surface area contributed by atoms with Gasteiger partial charge in [0.25, 0.3) is 11.1 Å². The SMILES string of the molecule is C#CCN1C(=O)S/C(=C\c2cc(Br)c(OCc3ccccc3)c(OC)c2)C1=O. The standard InChI is InChI=1S/C21H16BrNO4S/c1-3-9-23-20(24)18(28-21(23)25)12-15-10-16(22)19(17(11-15)26-2)27-13-14-7-5-4-6-8-14/h1,4-8,10-12H,9,13H2,2H3/b18-12-. The van der Waals surface area contributed by atoms with E-state index in [1.165, 1.54) is 0 Å². The molecule has 1 fully saturated rings. The zero-order valence-electron chi connectivity index (χ0n) is 15.0. The Morgan fingerprint density at radius 3 is 2.68 bits per heavy atom. The number of benzene rings is 2. The van der Waals surface area contributed by atoms with Gasteiger partial charge in [-0.05, 0) is 57.0 Å². The number of imide groups is 1. The first kappa shape index (κ1) is 20.1. The lowest BCUT2D eigenvalue weighted by Crippen LogP contribution is -2.28. The van der Waals surface area contributed by atoms with E-state index in [9.17, 15) is 9.59 Å². The van der Waals surface area contributed by atoms with Gasteiger partial charge in [-0.15, -0.1) is 6.42 Å². The summed E-state index contributed by atoms with van der Waals surface area (Å²) in [6.45, 7) is 0.349. The first-order valence-electron chi connectivity index (χ1n) is 8.26.